The Kier molecular flexibility index (Phi) is 3.36. The molecule has 2 aliphatic heterocycles. The molecule has 0 radical (unpaired) electrons. The van der Waals surface area contributed by atoms with Gasteiger partial charge in [-0.3, -0.25) is 19.2 Å². The molecule has 2 heterocycles. The maximum atomic E-state index is 11.4. The maximum Gasteiger partial charge on any atom is 0.413 e. The Bertz CT molecular complexity index is 408. The number of carbonyl (C=O) groups excluding carboxylic acids is 4. The highest BCUT2D eigenvalue weighted by atomic mass is 16.8. The van der Waals surface area contributed by atoms with Gasteiger partial charge in [0.25, 0.3) is 0 Å². The summed E-state index contributed by atoms with van der Waals surface area (Å²) in [5.41, 5.74) is 11.2. The second kappa shape index (κ2) is 4.72. The molecule has 20 heavy (non-hydrogen) atoms. The number of rotatable bonds is 1. The number of esters is 4. The van der Waals surface area contributed by atoms with Gasteiger partial charge in [0, 0.05) is 0 Å². The Morgan fingerprint density at radius 3 is 1.00 bits per heavy atom. The van der Waals surface area contributed by atoms with Gasteiger partial charge in [0.15, 0.2) is 0 Å². The minimum atomic E-state index is -2.74. The Morgan fingerprint density at radius 1 is 0.600 bits per heavy atom. The minimum Gasteiger partial charge on any atom is -0.401 e. The number of hydrogen-bond donors (Lipinski definition) is 2. The SMILES string of the molecule is NC1(C2(N)OC(=O)CCC(=O)O2)OC(=O)CCC(=O)O1. The predicted octanol–water partition coefficient (Wildman–Crippen LogP) is -2.03. The monoisotopic (exact) mass is 288 g/mol. The summed E-state index contributed by atoms with van der Waals surface area (Å²) in [6.45, 7) is 0. The molecule has 2 saturated heterocycles. The van der Waals surface area contributed by atoms with Crippen LogP contribution in [0, 0.1) is 0 Å². The van der Waals surface area contributed by atoms with Crippen molar-refractivity contribution in [2.45, 2.75) is 37.5 Å². The molecule has 0 unspecified atom stereocenters. The van der Waals surface area contributed by atoms with Crippen LogP contribution < -0.4 is 11.5 Å². The van der Waals surface area contributed by atoms with Gasteiger partial charge in [-0.05, 0) is 0 Å². The zero-order valence-electron chi connectivity index (χ0n) is 10.2. The lowest BCUT2D eigenvalue weighted by atomic mass is 10.3. The van der Waals surface area contributed by atoms with Crippen molar-refractivity contribution in [2.24, 2.45) is 11.5 Å². The summed E-state index contributed by atoms with van der Waals surface area (Å²) < 4.78 is 18.7. The van der Waals surface area contributed by atoms with Crippen LogP contribution in [0.5, 0.6) is 0 Å². The molecule has 0 bridgehead atoms. The molecule has 0 spiro atoms. The Hall–Kier alpha value is -2.20. The van der Waals surface area contributed by atoms with Crippen molar-refractivity contribution in [3.63, 3.8) is 0 Å². The molecule has 0 amide bonds. The number of cyclic esters (lactones) is 4. The van der Waals surface area contributed by atoms with Crippen molar-refractivity contribution in [1.29, 1.82) is 0 Å². The normalized spacial score (nSPS) is 25.5. The molecule has 2 rings (SSSR count). The van der Waals surface area contributed by atoms with Gasteiger partial charge in [-0.25, -0.2) is 11.5 Å². The molecular weight excluding hydrogens is 276 g/mol. The molecule has 4 N–H and O–H groups in total. The molecule has 0 aromatic rings. The predicted molar refractivity (Wildman–Crippen MR) is 56.7 cm³/mol. The lowest BCUT2D eigenvalue weighted by molar-refractivity contribution is -0.356. The summed E-state index contributed by atoms with van der Waals surface area (Å²) in [4.78, 5) is 45.6. The van der Waals surface area contributed by atoms with Gasteiger partial charge in [-0.2, -0.15) is 0 Å². The minimum absolute atomic E-state index is 0.296. The molecule has 2 fully saturated rings. The Balaban J connectivity index is 2.37. The Morgan fingerprint density at radius 2 is 0.800 bits per heavy atom. The standard InChI is InChI=1S/C10H12N2O8/c11-9(17-5(13)1-2-6(14)18-9)10(12)19-7(15)3-4-8(16)20-10/h1-4,11-12H2. The van der Waals surface area contributed by atoms with Gasteiger partial charge in [0.2, 0.25) is 0 Å². The first-order valence-electron chi connectivity index (χ1n) is 5.69. The number of hydrogen-bond acceptors (Lipinski definition) is 10. The van der Waals surface area contributed by atoms with Gasteiger partial charge in [-0.15, -0.1) is 0 Å². The molecule has 0 aromatic carbocycles. The Labute approximate surface area is 112 Å². The van der Waals surface area contributed by atoms with Crippen LogP contribution in [-0.2, 0) is 38.1 Å². The van der Waals surface area contributed by atoms with Crippen molar-refractivity contribution >= 4 is 23.9 Å². The van der Waals surface area contributed by atoms with Gasteiger partial charge in [-0.1, -0.05) is 0 Å². The first-order valence-corrected chi connectivity index (χ1v) is 5.69. The number of nitrogens with two attached hydrogens (primary N) is 2. The van der Waals surface area contributed by atoms with E-state index in [0.717, 1.165) is 0 Å². The van der Waals surface area contributed by atoms with Gasteiger partial charge in [0.05, 0.1) is 25.7 Å². The summed E-state index contributed by atoms with van der Waals surface area (Å²) in [5, 5.41) is 0. The average Bonchev–Trinajstić information content (AvgIpc) is 2.54. The van der Waals surface area contributed by atoms with Crippen LogP contribution in [0.2, 0.25) is 0 Å². The van der Waals surface area contributed by atoms with Gasteiger partial charge >= 0.3 is 35.7 Å². The first kappa shape index (κ1) is 14.2. The topological polar surface area (TPSA) is 157 Å². The van der Waals surface area contributed by atoms with Gasteiger partial charge in [0.1, 0.15) is 0 Å². The third-order valence-electron chi connectivity index (χ3n) is 2.61. The molecular formula is C10H12N2O8. The fourth-order valence-corrected chi connectivity index (χ4v) is 1.62. The molecule has 0 saturated carbocycles. The largest absolute Gasteiger partial charge is 0.413 e. The highest BCUT2D eigenvalue weighted by Gasteiger charge is 2.62. The molecule has 110 valence electrons. The van der Waals surface area contributed by atoms with Crippen molar-refractivity contribution < 1.29 is 38.1 Å². The lowest BCUT2D eigenvalue weighted by Gasteiger charge is -2.38. The van der Waals surface area contributed by atoms with E-state index in [1.807, 2.05) is 0 Å². The van der Waals surface area contributed by atoms with E-state index in [0.29, 0.717) is 0 Å². The quantitative estimate of drug-likeness (QED) is 0.515. The average molecular weight is 288 g/mol. The number of carbonyl (C=O) groups is 4. The molecule has 2 aliphatic rings. The van der Waals surface area contributed by atoms with Crippen molar-refractivity contribution in [3.8, 4) is 0 Å². The van der Waals surface area contributed by atoms with Crippen LogP contribution >= 0.6 is 0 Å². The zero-order valence-corrected chi connectivity index (χ0v) is 10.2. The van der Waals surface area contributed by atoms with Crippen LogP contribution in [0.25, 0.3) is 0 Å². The third kappa shape index (κ3) is 2.56. The molecule has 10 nitrogen and oxygen atoms in total. The second-order valence-corrected chi connectivity index (χ2v) is 4.23. The number of ether oxygens (including phenoxy) is 4. The maximum absolute atomic E-state index is 11.4. The van der Waals surface area contributed by atoms with Gasteiger partial charge < -0.3 is 18.9 Å². The molecule has 10 heteroatoms. The fraction of sp³-hybridized carbons (Fsp3) is 0.600. The van der Waals surface area contributed by atoms with E-state index in [9.17, 15) is 19.2 Å². The molecule has 0 aliphatic carbocycles. The lowest BCUT2D eigenvalue weighted by Crippen LogP contribution is -2.72. The van der Waals surface area contributed by atoms with Crippen molar-refractivity contribution in [2.75, 3.05) is 0 Å². The summed E-state index contributed by atoms with van der Waals surface area (Å²) in [5.74, 6) is -9.15. The first-order chi connectivity index (χ1) is 9.24. The smallest absolute Gasteiger partial charge is 0.401 e. The fourth-order valence-electron chi connectivity index (χ4n) is 1.62. The highest BCUT2D eigenvalue weighted by Crippen LogP contribution is 2.30. The summed E-state index contributed by atoms with van der Waals surface area (Å²) in [7, 11) is 0. The van der Waals surface area contributed by atoms with E-state index in [-0.39, 0.29) is 25.7 Å². The van der Waals surface area contributed by atoms with E-state index in [1.165, 1.54) is 0 Å². The van der Waals surface area contributed by atoms with Crippen molar-refractivity contribution in [3.05, 3.63) is 0 Å². The van der Waals surface area contributed by atoms with Crippen LogP contribution in [0.4, 0.5) is 0 Å². The summed E-state index contributed by atoms with van der Waals surface area (Å²) in [6.07, 6.45) is -1.18. The van der Waals surface area contributed by atoms with E-state index in [1.54, 1.807) is 0 Å². The second-order valence-electron chi connectivity index (χ2n) is 4.23. The van der Waals surface area contributed by atoms with Crippen LogP contribution in [-0.4, -0.2) is 35.7 Å². The zero-order chi connectivity index (χ0) is 15.0. The van der Waals surface area contributed by atoms with E-state index >= 15 is 0 Å². The van der Waals surface area contributed by atoms with E-state index < -0.39 is 35.7 Å². The molecule has 0 atom stereocenters. The van der Waals surface area contributed by atoms with Crippen LogP contribution in [0.15, 0.2) is 0 Å². The van der Waals surface area contributed by atoms with E-state index in [2.05, 4.69) is 18.9 Å². The third-order valence-corrected chi connectivity index (χ3v) is 2.61. The van der Waals surface area contributed by atoms with Crippen molar-refractivity contribution in [1.82, 2.24) is 0 Å². The summed E-state index contributed by atoms with van der Waals surface area (Å²) >= 11 is 0. The van der Waals surface area contributed by atoms with Crippen LogP contribution in [0.3, 0.4) is 0 Å². The van der Waals surface area contributed by atoms with Crippen LogP contribution in [0.1, 0.15) is 25.7 Å². The van der Waals surface area contributed by atoms with E-state index in [4.69, 9.17) is 11.5 Å². The summed E-state index contributed by atoms with van der Waals surface area (Å²) in [6, 6.07) is 0. The highest BCUT2D eigenvalue weighted by molar-refractivity contribution is 5.81. The molecule has 0 aromatic heterocycles.